The van der Waals surface area contributed by atoms with Crippen LogP contribution in [0.25, 0.3) is 5.95 Å². The third-order valence-electron chi connectivity index (χ3n) is 4.01. The molecular formula is C19H25N7O3S. The number of aryl methyl sites for hydroxylation is 2. The Bertz CT molecular complexity index is 1030. The van der Waals surface area contributed by atoms with Gasteiger partial charge in [0.25, 0.3) is 5.95 Å². The van der Waals surface area contributed by atoms with E-state index in [4.69, 9.17) is 15.3 Å². The van der Waals surface area contributed by atoms with Crippen LogP contribution < -0.4 is 20.6 Å². The molecule has 0 unspecified atom stereocenters. The van der Waals surface area contributed by atoms with E-state index in [9.17, 15) is 4.79 Å². The van der Waals surface area contributed by atoms with Crippen molar-refractivity contribution in [1.29, 1.82) is 0 Å². The summed E-state index contributed by atoms with van der Waals surface area (Å²) in [7, 11) is 0. The number of nitrogens with one attached hydrogen (secondary N) is 1. The Hall–Kier alpha value is -3.21. The Labute approximate surface area is 178 Å². The van der Waals surface area contributed by atoms with Crippen LogP contribution in [0.5, 0.6) is 11.5 Å². The SMILES string of the molecule is CCOc1ccc(NC(=O)CSc2nnc(-n3nc(C)cc3C)n2N)cc1OCC. The van der Waals surface area contributed by atoms with Gasteiger partial charge < -0.3 is 20.6 Å². The minimum Gasteiger partial charge on any atom is -0.490 e. The van der Waals surface area contributed by atoms with Crippen LogP contribution in [0.3, 0.4) is 0 Å². The van der Waals surface area contributed by atoms with Crippen LogP contribution in [0.1, 0.15) is 25.2 Å². The molecule has 1 amide bonds. The first kappa shape index (κ1) is 21.5. The first-order valence-electron chi connectivity index (χ1n) is 9.49. The molecular weight excluding hydrogens is 406 g/mol. The van der Waals surface area contributed by atoms with E-state index >= 15 is 0 Å². The molecule has 0 aliphatic rings. The maximum atomic E-state index is 12.4. The van der Waals surface area contributed by atoms with E-state index in [2.05, 4.69) is 20.6 Å². The molecule has 2 aromatic heterocycles. The molecule has 0 saturated heterocycles. The van der Waals surface area contributed by atoms with Crippen LogP contribution in [-0.2, 0) is 4.79 Å². The van der Waals surface area contributed by atoms with Crippen molar-refractivity contribution in [3.8, 4) is 17.4 Å². The molecule has 160 valence electrons. The van der Waals surface area contributed by atoms with E-state index in [-0.39, 0.29) is 11.7 Å². The van der Waals surface area contributed by atoms with Gasteiger partial charge in [0.15, 0.2) is 11.5 Å². The standard InChI is InChI=1S/C19H25N7O3S/c1-5-28-15-8-7-14(10-16(15)29-6-2)21-17(27)11-30-19-23-22-18(25(19)20)26-13(4)9-12(3)24-26/h7-10H,5-6,11,20H2,1-4H3,(H,21,27). The molecule has 2 heterocycles. The Morgan fingerprint density at radius 1 is 1.13 bits per heavy atom. The number of nitrogens with zero attached hydrogens (tertiary/aromatic N) is 5. The van der Waals surface area contributed by atoms with Crippen LogP contribution in [0.2, 0.25) is 0 Å². The fourth-order valence-corrected chi connectivity index (χ4v) is 3.45. The zero-order valence-electron chi connectivity index (χ0n) is 17.4. The highest BCUT2D eigenvalue weighted by molar-refractivity contribution is 7.99. The second kappa shape index (κ2) is 9.53. The van der Waals surface area contributed by atoms with Crippen molar-refractivity contribution >= 4 is 23.4 Å². The highest BCUT2D eigenvalue weighted by Crippen LogP contribution is 2.30. The van der Waals surface area contributed by atoms with E-state index in [1.165, 1.54) is 16.4 Å². The first-order chi connectivity index (χ1) is 14.4. The number of hydrogen-bond acceptors (Lipinski definition) is 8. The lowest BCUT2D eigenvalue weighted by molar-refractivity contribution is -0.113. The Morgan fingerprint density at radius 3 is 2.53 bits per heavy atom. The maximum absolute atomic E-state index is 12.4. The minimum atomic E-state index is -0.206. The largest absolute Gasteiger partial charge is 0.490 e. The summed E-state index contributed by atoms with van der Waals surface area (Å²) in [6.45, 7) is 8.61. The zero-order chi connectivity index (χ0) is 21.7. The second-order valence-electron chi connectivity index (χ2n) is 6.36. The monoisotopic (exact) mass is 431 g/mol. The number of thioether (sulfide) groups is 1. The highest BCUT2D eigenvalue weighted by Gasteiger charge is 2.16. The lowest BCUT2D eigenvalue weighted by Gasteiger charge is -2.13. The Morgan fingerprint density at radius 2 is 1.87 bits per heavy atom. The molecule has 0 spiro atoms. The number of rotatable bonds is 9. The molecule has 30 heavy (non-hydrogen) atoms. The predicted molar refractivity (Wildman–Crippen MR) is 115 cm³/mol. The summed E-state index contributed by atoms with van der Waals surface area (Å²) in [6, 6.07) is 7.20. The van der Waals surface area contributed by atoms with Crippen molar-refractivity contribution in [2.75, 3.05) is 30.1 Å². The Kier molecular flexibility index (Phi) is 6.83. The third-order valence-corrected chi connectivity index (χ3v) is 4.95. The number of carbonyl (C=O) groups excluding carboxylic acids is 1. The van der Waals surface area contributed by atoms with Crippen LogP contribution >= 0.6 is 11.8 Å². The van der Waals surface area contributed by atoms with Crippen molar-refractivity contribution in [3.05, 3.63) is 35.7 Å². The lowest BCUT2D eigenvalue weighted by Crippen LogP contribution is -2.18. The highest BCUT2D eigenvalue weighted by atomic mass is 32.2. The molecule has 0 fully saturated rings. The number of hydrogen-bond donors (Lipinski definition) is 2. The van der Waals surface area contributed by atoms with Crippen molar-refractivity contribution in [3.63, 3.8) is 0 Å². The van der Waals surface area contributed by atoms with Gasteiger partial charge in [0.2, 0.25) is 11.1 Å². The number of carbonyl (C=O) groups is 1. The van der Waals surface area contributed by atoms with Crippen LogP contribution in [0.15, 0.2) is 29.4 Å². The van der Waals surface area contributed by atoms with Gasteiger partial charge in [0.1, 0.15) is 0 Å². The summed E-state index contributed by atoms with van der Waals surface area (Å²) in [5.74, 6) is 7.62. The lowest BCUT2D eigenvalue weighted by atomic mass is 10.2. The van der Waals surface area contributed by atoms with Gasteiger partial charge >= 0.3 is 0 Å². The van der Waals surface area contributed by atoms with Crippen molar-refractivity contribution in [1.82, 2.24) is 24.7 Å². The summed E-state index contributed by atoms with van der Waals surface area (Å²) in [5.41, 5.74) is 2.36. The van der Waals surface area contributed by atoms with Gasteiger partial charge in [-0.15, -0.1) is 10.2 Å². The summed E-state index contributed by atoms with van der Waals surface area (Å²) < 4.78 is 14.1. The smallest absolute Gasteiger partial charge is 0.271 e. The van der Waals surface area contributed by atoms with E-state index in [1.54, 1.807) is 22.9 Å². The number of anilines is 1. The van der Waals surface area contributed by atoms with E-state index < -0.39 is 0 Å². The predicted octanol–water partition coefficient (Wildman–Crippen LogP) is 2.32. The number of aromatic nitrogens is 5. The van der Waals surface area contributed by atoms with Crippen molar-refractivity contribution in [2.24, 2.45) is 0 Å². The molecule has 0 aliphatic carbocycles. The molecule has 10 nitrogen and oxygen atoms in total. The van der Waals surface area contributed by atoms with Gasteiger partial charge in [-0.05, 0) is 45.9 Å². The number of ether oxygens (including phenoxy) is 2. The molecule has 11 heteroatoms. The zero-order valence-corrected chi connectivity index (χ0v) is 18.2. The quantitative estimate of drug-likeness (QED) is 0.391. The summed E-state index contributed by atoms with van der Waals surface area (Å²) >= 11 is 1.18. The van der Waals surface area contributed by atoms with E-state index in [0.717, 1.165) is 11.4 Å². The number of nitrogen functional groups attached to an aromatic ring is 1. The first-order valence-corrected chi connectivity index (χ1v) is 10.5. The number of benzene rings is 1. The van der Waals surface area contributed by atoms with Gasteiger partial charge in [0.05, 0.1) is 24.7 Å². The topological polar surface area (TPSA) is 122 Å². The third kappa shape index (κ3) is 4.85. The molecule has 0 bridgehead atoms. The molecule has 0 saturated carbocycles. The van der Waals surface area contributed by atoms with Gasteiger partial charge in [-0.25, -0.2) is 9.36 Å². The van der Waals surface area contributed by atoms with Gasteiger partial charge in [-0.3, -0.25) is 4.79 Å². The van der Waals surface area contributed by atoms with Gasteiger partial charge in [-0.1, -0.05) is 11.8 Å². The van der Waals surface area contributed by atoms with Crippen LogP contribution in [0, 0.1) is 13.8 Å². The number of nitrogens with two attached hydrogens (primary N) is 1. The average Bonchev–Trinajstić information content (AvgIpc) is 3.23. The Balaban J connectivity index is 1.64. The van der Waals surface area contributed by atoms with Gasteiger partial charge in [0, 0.05) is 17.4 Å². The minimum absolute atomic E-state index is 0.115. The summed E-state index contributed by atoms with van der Waals surface area (Å²) in [4.78, 5) is 12.4. The summed E-state index contributed by atoms with van der Waals surface area (Å²) in [6.07, 6.45) is 0. The second-order valence-corrected chi connectivity index (χ2v) is 7.30. The van der Waals surface area contributed by atoms with E-state index in [1.807, 2.05) is 33.8 Å². The summed E-state index contributed by atoms with van der Waals surface area (Å²) in [5, 5.41) is 15.8. The molecule has 0 atom stereocenters. The fraction of sp³-hybridized carbons (Fsp3) is 0.368. The molecule has 3 N–H and O–H groups in total. The fourth-order valence-electron chi connectivity index (χ4n) is 2.80. The number of amides is 1. The van der Waals surface area contributed by atoms with Crippen molar-refractivity contribution < 1.29 is 14.3 Å². The normalized spacial score (nSPS) is 10.8. The maximum Gasteiger partial charge on any atom is 0.271 e. The van der Waals surface area contributed by atoms with E-state index in [0.29, 0.717) is 41.5 Å². The van der Waals surface area contributed by atoms with Crippen molar-refractivity contribution in [2.45, 2.75) is 32.9 Å². The molecule has 0 radical (unpaired) electrons. The molecule has 1 aromatic carbocycles. The van der Waals surface area contributed by atoms with Crippen LogP contribution in [0.4, 0.5) is 5.69 Å². The molecule has 0 aliphatic heterocycles. The van der Waals surface area contributed by atoms with Crippen LogP contribution in [-0.4, -0.2) is 49.5 Å². The molecule has 3 aromatic rings. The van der Waals surface area contributed by atoms with Gasteiger partial charge in [-0.2, -0.15) is 5.10 Å². The molecule has 3 rings (SSSR count). The average molecular weight is 432 g/mol.